The van der Waals surface area contributed by atoms with E-state index in [9.17, 15) is 0 Å². The molecule has 1 aliphatic heterocycles. The average Bonchev–Trinajstić information content (AvgIpc) is 2.51. The summed E-state index contributed by atoms with van der Waals surface area (Å²) >= 11 is 10.5. The predicted octanol–water partition coefficient (Wildman–Crippen LogP) is 1.72. The molecule has 0 radical (unpaired) electrons. The van der Waals surface area contributed by atoms with Crippen molar-refractivity contribution in [3.8, 4) is 0 Å². The van der Waals surface area contributed by atoms with Gasteiger partial charge in [-0.2, -0.15) is 0 Å². The number of rotatable bonds is 2. The molecule has 0 amide bonds. The first-order valence-corrected chi connectivity index (χ1v) is 5.85. The zero-order chi connectivity index (χ0) is 11.4. The second-order valence-corrected chi connectivity index (χ2v) is 4.81. The number of hydrogen-bond acceptors (Lipinski definition) is 2. The van der Waals surface area contributed by atoms with Crippen LogP contribution in [0.15, 0.2) is 4.99 Å². The molecule has 0 saturated carbocycles. The SMILES string of the molecule is CC(=NC(=S)CN1CCCC1=S)N(C)C. The van der Waals surface area contributed by atoms with Crippen LogP contribution in [0.1, 0.15) is 19.8 Å². The Bertz CT molecular complexity index is 297. The van der Waals surface area contributed by atoms with Gasteiger partial charge in [0, 0.05) is 20.6 Å². The van der Waals surface area contributed by atoms with Crippen LogP contribution < -0.4 is 0 Å². The fraction of sp³-hybridized carbons (Fsp3) is 0.700. The lowest BCUT2D eigenvalue weighted by Gasteiger charge is -2.17. The van der Waals surface area contributed by atoms with Gasteiger partial charge in [0.15, 0.2) is 0 Å². The molecule has 0 atom stereocenters. The summed E-state index contributed by atoms with van der Waals surface area (Å²) in [6.45, 7) is 3.67. The maximum Gasteiger partial charge on any atom is 0.124 e. The monoisotopic (exact) mass is 243 g/mol. The van der Waals surface area contributed by atoms with Crippen LogP contribution in [0.25, 0.3) is 0 Å². The van der Waals surface area contributed by atoms with E-state index < -0.39 is 0 Å². The Morgan fingerprint density at radius 2 is 2.20 bits per heavy atom. The van der Waals surface area contributed by atoms with Crippen molar-refractivity contribution >= 4 is 40.2 Å². The van der Waals surface area contributed by atoms with Gasteiger partial charge in [-0.3, -0.25) is 0 Å². The molecule has 0 aromatic heterocycles. The molecule has 1 heterocycles. The van der Waals surface area contributed by atoms with Gasteiger partial charge < -0.3 is 9.80 Å². The molecule has 0 aliphatic carbocycles. The molecule has 3 nitrogen and oxygen atoms in total. The van der Waals surface area contributed by atoms with Crippen molar-refractivity contribution in [3.05, 3.63) is 0 Å². The Labute approximate surface area is 102 Å². The summed E-state index contributed by atoms with van der Waals surface area (Å²) in [5, 5.41) is 0. The topological polar surface area (TPSA) is 18.8 Å². The molecule has 5 heteroatoms. The molecule has 0 aromatic rings. The summed E-state index contributed by atoms with van der Waals surface area (Å²) in [4.78, 5) is 10.2. The van der Waals surface area contributed by atoms with Crippen LogP contribution in [-0.2, 0) is 0 Å². The van der Waals surface area contributed by atoms with Crippen LogP contribution in [0.4, 0.5) is 0 Å². The second kappa shape index (κ2) is 5.51. The molecule has 1 fully saturated rings. The van der Waals surface area contributed by atoms with E-state index in [2.05, 4.69) is 9.89 Å². The summed E-state index contributed by atoms with van der Waals surface area (Å²) in [6, 6.07) is 0. The van der Waals surface area contributed by atoms with E-state index in [1.807, 2.05) is 25.9 Å². The molecule has 0 aromatic carbocycles. The highest BCUT2D eigenvalue weighted by molar-refractivity contribution is 7.80. The third-order valence-electron chi connectivity index (χ3n) is 2.43. The summed E-state index contributed by atoms with van der Waals surface area (Å²) in [6.07, 6.45) is 2.17. The van der Waals surface area contributed by atoms with Gasteiger partial charge in [0.05, 0.1) is 11.5 Å². The van der Waals surface area contributed by atoms with E-state index in [4.69, 9.17) is 24.4 Å². The second-order valence-electron chi connectivity index (χ2n) is 3.87. The Morgan fingerprint density at radius 3 is 2.67 bits per heavy atom. The van der Waals surface area contributed by atoms with Crippen LogP contribution in [0.3, 0.4) is 0 Å². The molecule has 1 saturated heterocycles. The molecule has 1 rings (SSSR count). The first-order valence-electron chi connectivity index (χ1n) is 5.04. The molecular formula is C10H17N3S2. The summed E-state index contributed by atoms with van der Waals surface area (Å²) in [7, 11) is 3.92. The largest absolute Gasteiger partial charge is 0.366 e. The summed E-state index contributed by atoms with van der Waals surface area (Å²) < 4.78 is 0. The van der Waals surface area contributed by atoms with Crippen LogP contribution >= 0.6 is 24.4 Å². The molecule has 0 spiro atoms. The van der Waals surface area contributed by atoms with Gasteiger partial charge in [-0.1, -0.05) is 24.4 Å². The third-order valence-corrected chi connectivity index (χ3v) is 3.11. The minimum absolute atomic E-state index is 0.694. The first kappa shape index (κ1) is 12.5. The maximum absolute atomic E-state index is 5.23. The minimum atomic E-state index is 0.694. The Balaban J connectivity index is 2.49. The lowest BCUT2D eigenvalue weighted by Crippen LogP contribution is -2.29. The Hall–Kier alpha value is -0.550. The van der Waals surface area contributed by atoms with Crippen LogP contribution in [0, 0.1) is 0 Å². The standard InChI is InChI=1S/C10H17N3S2/c1-8(12(2)3)11-9(14)7-13-6-4-5-10(13)15/h4-7H2,1-3H3. The van der Waals surface area contributed by atoms with Crippen molar-refractivity contribution in [2.75, 3.05) is 27.2 Å². The molecular weight excluding hydrogens is 226 g/mol. The molecule has 84 valence electrons. The van der Waals surface area contributed by atoms with Crippen molar-refractivity contribution in [2.24, 2.45) is 4.99 Å². The van der Waals surface area contributed by atoms with Gasteiger partial charge in [-0.15, -0.1) is 0 Å². The van der Waals surface area contributed by atoms with Crippen molar-refractivity contribution in [1.29, 1.82) is 0 Å². The fourth-order valence-corrected chi connectivity index (χ4v) is 1.94. The van der Waals surface area contributed by atoms with E-state index in [0.29, 0.717) is 11.5 Å². The van der Waals surface area contributed by atoms with Gasteiger partial charge in [-0.05, 0) is 19.8 Å². The summed E-state index contributed by atoms with van der Waals surface area (Å²) in [5.41, 5.74) is 0. The zero-order valence-electron chi connectivity index (χ0n) is 9.49. The Kier molecular flexibility index (Phi) is 4.60. The van der Waals surface area contributed by atoms with Gasteiger partial charge in [0.25, 0.3) is 0 Å². The van der Waals surface area contributed by atoms with Crippen molar-refractivity contribution < 1.29 is 0 Å². The van der Waals surface area contributed by atoms with E-state index in [0.717, 1.165) is 30.2 Å². The number of amidine groups is 1. The van der Waals surface area contributed by atoms with E-state index >= 15 is 0 Å². The number of hydrogen-bond donors (Lipinski definition) is 0. The lowest BCUT2D eigenvalue weighted by atomic mass is 10.4. The number of nitrogens with zero attached hydrogens (tertiary/aromatic N) is 3. The highest BCUT2D eigenvalue weighted by Gasteiger charge is 2.17. The number of thiocarbonyl (C=S) groups is 2. The van der Waals surface area contributed by atoms with E-state index in [-0.39, 0.29) is 0 Å². The van der Waals surface area contributed by atoms with Gasteiger partial charge >= 0.3 is 0 Å². The molecule has 0 unspecified atom stereocenters. The van der Waals surface area contributed by atoms with E-state index in [1.54, 1.807) is 0 Å². The third kappa shape index (κ3) is 3.83. The zero-order valence-corrected chi connectivity index (χ0v) is 11.1. The van der Waals surface area contributed by atoms with E-state index in [1.165, 1.54) is 0 Å². The molecule has 0 bridgehead atoms. The Morgan fingerprint density at radius 1 is 1.53 bits per heavy atom. The van der Waals surface area contributed by atoms with Gasteiger partial charge in [-0.25, -0.2) is 4.99 Å². The molecule has 0 N–H and O–H groups in total. The number of likely N-dealkylation sites (tertiary alicyclic amines) is 1. The fourth-order valence-electron chi connectivity index (χ4n) is 1.35. The minimum Gasteiger partial charge on any atom is -0.366 e. The van der Waals surface area contributed by atoms with Gasteiger partial charge in [0.2, 0.25) is 0 Å². The van der Waals surface area contributed by atoms with Crippen molar-refractivity contribution in [3.63, 3.8) is 0 Å². The average molecular weight is 243 g/mol. The maximum atomic E-state index is 5.23. The van der Waals surface area contributed by atoms with Crippen LogP contribution in [0.5, 0.6) is 0 Å². The first-order chi connectivity index (χ1) is 7.00. The predicted molar refractivity (Wildman–Crippen MR) is 72.8 cm³/mol. The van der Waals surface area contributed by atoms with Crippen molar-refractivity contribution in [1.82, 2.24) is 9.80 Å². The number of aliphatic imine (C=N–C) groups is 1. The molecule has 15 heavy (non-hydrogen) atoms. The van der Waals surface area contributed by atoms with Crippen LogP contribution in [0.2, 0.25) is 0 Å². The molecule has 1 aliphatic rings. The quantitative estimate of drug-likeness (QED) is 0.417. The lowest BCUT2D eigenvalue weighted by molar-refractivity contribution is 0.522. The highest BCUT2D eigenvalue weighted by Crippen LogP contribution is 2.11. The van der Waals surface area contributed by atoms with Crippen LogP contribution in [-0.4, -0.2) is 52.8 Å². The normalized spacial score (nSPS) is 17.1. The highest BCUT2D eigenvalue weighted by atomic mass is 32.1. The summed E-state index contributed by atoms with van der Waals surface area (Å²) in [5.74, 6) is 0.935. The van der Waals surface area contributed by atoms with Crippen molar-refractivity contribution in [2.45, 2.75) is 19.8 Å². The smallest absolute Gasteiger partial charge is 0.124 e. The van der Waals surface area contributed by atoms with Gasteiger partial charge in [0.1, 0.15) is 10.8 Å².